The Labute approximate surface area is 92.6 Å². The van der Waals surface area contributed by atoms with Gasteiger partial charge in [0.1, 0.15) is 10.7 Å². The number of hydrogen-bond donors (Lipinski definition) is 1. The van der Waals surface area contributed by atoms with Crippen molar-refractivity contribution in [1.82, 2.24) is 4.90 Å². The largest absolute Gasteiger partial charge is 0.433 e. The number of furan rings is 1. The molecule has 0 unspecified atom stereocenters. The number of hydrogen-bond acceptors (Lipinski definition) is 5. The Morgan fingerprint density at radius 1 is 1.62 bits per heavy atom. The van der Waals surface area contributed by atoms with Crippen molar-refractivity contribution in [3.8, 4) is 0 Å². The second-order valence-electron chi connectivity index (χ2n) is 3.95. The lowest BCUT2D eigenvalue weighted by atomic mass is 10.2. The monoisotopic (exact) mass is 226 g/mol. The third kappa shape index (κ3) is 2.23. The minimum atomic E-state index is -0.545. The second-order valence-corrected chi connectivity index (χ2v) is 3.95. The summed E-state index contributed by atoms with van der Waals surface area (Å²) < 4.78 is 5.08. The zero-order valence-electron chi connectivity index (χ0n) is 8.83. The summed E-state index contributed by atoms with van der Waals surface area (Å²) in [6.07, 6.45) is 2.02. The highest BCUT2D eigenvalue weighted by atomic mass is 16.6. The molecule has 2 rings (SSSR count). The van der Waals surface area contributed by atoms with Crippen LogP contribution in [0, 0.1) is 10.1 Å². The van der Waals surface area contributed by atoms with Gasteiger partial charge in [0, 0.05) is 6.04 Å². The molecule has 1 aliphatic rings. The minimum Gasteiger partial charge on any atom is -0.404 e. The van der Waals surface area contributed by atoms with Crippen LogP contribution >= 0.6 is 0 Å². The van der Waals surface area contributed by atoms with Gasteiger partial charge in [-0.3, -0.25) is 15.0 Å². The van der Waals surface area contributed by atoms with Gasteiger partial charge in [-0.1, -0.05) is 0 Å². The van der Waals surface area contributed by atoms with Crippen LogP contribution in [0.15, 0.2) is 16.5 Å². The Balaban J connectivity index is 2.00. The summed E-state index contributed by atoms with van der Waals surface area (Å²) in [6.45, 7) is 1.56. The van der Waals surface area contributed by atoms with Crippen molar-refractivity contribution < 1.29 is 14.4 Å². The quantitative estimate of drug-likeness (QED) is 0.615. The molecule has 1 N–H and O–H groups in total. The molecule has 0 spiro atoms. The summed E-state index contributed by atoms with van der Waals surface area (Å²) in [4.78, 5) is 12.0. The standard InChI is InChI=1S/C10H14N2O4/c13-7-8-2-1-5-11(8)6-9-3-4-10(16-9)12(14)15/h3-4,8,13H,1-2,5-7H2/t8-/m1/s1. The van der Waals surface area contributed by atoms with Crippen LogP contribution in [-0.2, 0) is 6.54 Å². The smallest absolute Gasteiger partial charge is 0.404 e. The molecule has 0 aliphatic carbocycles. The Kier molecular flexibility index (Phi) is 3.21. The minimum absolute atomic E-state index is 0.128. The zero-order valence-corrected chi connectivity index (χ0v) is 8.83. The maximum atomic E-state index is 10.4. The van der Waals surface area contributed by atoms with Crippen molar-refractivity contribution >= 4 is 5.88 Å². The van der Waals surface area contributed by atoms with Crippen LogP contribution < -0.4 is 0 Å². The van der Waals surface area contributed by atoms with Gasteiger partial charge in [0.15, 0.2) is 0 Å². The fourth-order valence-corrected chi connectivity index (χ4v) is 2.06. The topological polar surface area (TPSA) is 79.8 Å². The molecular formula is C10H14N2O4. The Bertz CT molecular complexity index is 377. The fourth-order valence-electron chi connectivity index (χ4n) is 2.06. The molecule has 1 aromatic heterocycles. The van der Waals surface area contributed by atoms with Crippen LogP contribution in [0.25, 0.3) is 0 Å². The molecule has 88 valence electrons. The first-order valence-electron chi connectivity index (χ1n) is 5.28. The number of nitrogens with zero attached hydrogens (tertiary/aromatic N) is 2. The predicted octanol–water partition coefficient (Wildman–Crippen LogP) is 1.14. The first-order valence-corrected chi connectivity index (χ1v) is 5.28. The highest BCUT2D eigenvalue weighted by Crippen LogP contribution is 2.22. The average molecular weight is 226 g/mol. The predicted molar refractivity (Wildman–Crippen MR) is 55.9 cm³/mol. The molecule has 16 heavy (non-hydrogen) atoms. The number of rotatable bonds is 4. The SMILES string of the molecule is O=[N+]([O-])c1ccc(CN2CCC[C@@H]2CO)o1. The van der Waals surface area contributed by atoms with Crippen LogP contribution in [-0.4, -0.2) is 34.1 Å². The van der Waals surface area contributed by atoms with E-state index in [1.54, 1.807) is 6.07 Å². The summed E-state index contributed by atoms with van der Waals surface area (Å²) in [7, 11) is 0. The van der Waals surface area contributed by atoms with Crippen molar-refractivity contribution in [1.29, 1.82) is 0 Å². The Morgan fingerprint density at radius 3 is 3.06 bits per heavy atom. The van der Waals surface area contributed by atoms with E-state index in [9.17, 15) is 10.1 Å². The van der Waals surface area contributed by atoms with Crippen LogP contribution in [0.3, 0.4) is 0 Å². The van der Waals surface area contributed by atoms with E-state index in [1.165, 1.54) is 6.07 Å². The van der Waals surface area contributed by atoms with E-state index in [-0.39, 0.29) is 18.5 Å². The lowest BCUT2D eigenvalue weighted by molar-refractivity contribution is -0.402. The molecule has 1 fully saturated rings. The van der Waals surface area contributed by atoms with Gasteiger partial charge in [-0.15, -0.1) is 0 Å². The van der Waals surface area contributed by atoms with Crippen LogP contribution in [0.5, 0.6) is 0 Å². The van der Waals surface area contributed by atoms with Gasteiger partial charge in [0.05, 0.1) is 19.2 Å². The third-order valence-electron chi connectivity index (χ3n) is 2.90. The number of aliphatic hydroxyl groups is 1. The highest BCUT2D eigenvalue weighted by Gasteiger charge is 2.25. The van der Waals surface area contributed by atoms with Crippen LogP contribution in [0.4, 0.5) is 5.88 Å². The molecule has 0 bridgehead atoms. The zero-order chi connectivity index (χ0) is 11.5. The summed E-state index contributed by atoms with van der Waals surface area (Å²) in [5.74, 6) is 0.349. The third-order valence-corrected chi connectivity index (χ3v) is 2.90. The first-order chi connectivity index (χ1) is 7.70. The lowest BCUT2D eigenvalue weighted by Gasteiger charge is -2.20. The normalized spacial score (nSPS) is 21.4. The maximum absolute atomic E-state index is 10.4. The highest BCUT2D eigenvalue weighted by molar-refractivity contribution is 5.17. The van der Waals surface area contributed by atoms with Crippen LogP contribution in [0.2, 0.25) is 0 Å². The molecule has 1 aromatic rings. The molecule has 0 saturated carbocycles. The van der Waals surface area contributed by atoms with E-state index in [0.29, 0.717) is 12.3 Å². The molecular weight excluding hydrogens is 212 g/mol. The Morgan fingerprint density at radius 2 is 2.44 bits per heavy atom. The van der Waals surface area contributed by atoms with E-state index in [2.05, 4.69) is 4.90 Å². The van der Waals surface area contributed by atoms with E-state index in [0.717, 1.165) is 19.4 Å². The van der Waals surface area contributed by atoms with Gasteiger partial charge in [-0.25, -0.2) is 0 Å². The van der Waals surface area contributed by atoms with Crippen molar-refractivity contribution in [3.05, 3.63) is 28.0 Å². The van der Waals surface area contributed by atoms with Crippen molar-refractivity contribution in [2.45, 2.75) is 25.4 Å². The first kappa shape index (κ1) is 11.1. The van der Waals surface area contributed by atoms with E-state index in [1.807, 2.05) is 0 Å². The molecule has 6 nitrogen and oxygen atoms in total. The van der Waals surface area contributed by atoms with Gasteiger partial charge < -0.3 is 9.52 Å². The van der Waals surface area contributed by atoms with Crippen LogP contribution in [0.1, 0.15) is 18.6 Å². The molecule has 0 aromatic carbocycles. The second kappa shape index (κ2) is 4.63. The molecule has 6 heteroatoms. The van der Waals surface area contributed by atoms with Gasteiger partial charge in [0.2, 0.25) is 0 Å². The number of likely N-dealkylation sites (tertiary alicyclic amines) is 1. The summed E-state index contributed by atoms with van der Waals surface area (Å²) >= 11 is 0. The van der Waals surface area contributed by atoms with Crippen molar-refractivity contribution in [2.24, 2.45) is 0 Å². The van der Waals surface area contributed by atoms with E-state index in [4.69, 9.17) is 9.52 Å². The number of nitro groups is 1. The Hall–Kier alpha value is -1.40. The average Bonchev–Trinajstić information content (AvgIpc) is 2.87. The molecule has 1 aliphatic heterocycles. The fraction of sp³-hybridized carbons (Fsp3) is 0.600. The summed E-state index contributed by atoms with van der Waals surface area (Å²) in [6, 6.07) is 3.13. The molecule has 2 heterocycles. The molecule has 0 amide bonds. The van der Waals surface area contributed by atoms with Gasteiger partial charge in [-0.2, -0.15) is 0 Å². The molecule has 0 radical (unpaired) electrons. The van der Waals surface area contributed by atoms with E-state index < -0.39 is 4.92 Å². The van der Waals surface area contributed by atoms with Gasteiger partial charge in [0.25, 0.3) is 0 Å². The molecule has 1 atom stereocenters. The van der Waals surface area contributed by atoms with Gasteiger partial charge in [-0.05, 0) is 25.5 Å². The van der Waals surface area contributed by atoms with Crippen molar-refractivity contribution in [3.63, 3.8) is 0 Å². The maximum Gasteiger partial charge on any atom is 0.433 e. The lowest BCUT2D eigenvalue weighted by Crippen LogP contribution is -2.31. The molecule has 1 saturated heterocycles. The van der Waals surface area contributed by atoms with Crippen molar-refractivity contribution in [2.75, 3.05) is 13.2 Å². The number of aliphatic hydroxyl groups excluding tert-OH is 1. The van der Waals surface area contributed by atoms with Gasteiger partial charge >= 0.3 is 5.88 Å². The summed E-state index contributed by atoms with van der Waals surface area (Å²) in [5.41, 5.74) is 0. The summed E-state index contributed by atoms with van der Waals surface area (Å²) in [5, 5.41) is 19.6. The van der Waals surface area contributed by atoms with E-state index >= 15 is 0 Å².